The van der Waals surface area contributed by atoms with E-state index in [4.69, 9.17) is 4.74 Å². The van der Waals surface area contributed by atoms with E-state index in [1.54, 1.807) is 7.11 Å². The smallest absolute Gasteiger partial charge is 0.119 e. The van der Waals surface area contributed by atoms with Crippen LogP contribution < -0.4 is 4.74 Å². The Hall–Kier alpha value is -2.06. The number of aryl methyl sites for hydroxylation is 1. The van der Waals surface area contributed by atoms with Crippen LogP contribution in [0.4, 0.5) is 0 Å². The topological polar surface area (TPSA) is 12.5 Å². The van der Waals surface area contributed by atoms with Crippen molar-refractivity contribution in [1.82, 2.24) is 4.90 Å². The number of hydrogen-bond donors (Lipinski definition) is 0. The number of rotatable bonds is 4. The molecule has 2 nitrogen and oxygen atoms in total. The molecule has 0 spiro atoms. The Kier molecular flexibility index (Phi) is 4.59. The van der Waals surface area contributed by atoms with Crippen LogP contribution in [0.1, 0.15) is 23.1 Å². The maximum atomic E-state index is 5.29. The van der Waals surface area contributed by atoms with Gasteiger partial charge >= 0.3 is 0 Å². The molecule has 0 bridgehead atoms. The summed E-state index contributed by atoms with van der Waals surface area (Å²) in [6.07, 6.45) is 3.49. The van der Waals surface area contributed by atoms with E-state index in [0.717, 1.165) is 31.8 Å². The molecule has 0 aliphatic carbocycles. The summed E-state index contributed by atoms with van der Waals surface area (Å²) in [4.78, 5) is 2.50. The van der Waals surface area contributed by atoms with Crippen molar-refractivity contribution >= 4 is 5.57 Å². The van der Waals surface area contributed by atoms with E-state index >= 15 is 0 Å². The van der Waals surface area contributed by atoms with Crippen molar-refractivity contribution in [1.29, 1.82) is 0 Å². The summed E-state index contributed by atoms with van der Waals surface area (Å²) < 4.78 is 5.29. The highest BCUT2D eigenvalue weighted by Crippen LogP contribution is 2.28. The van der Waals surface area contributed by atoms with Gasteiger partial charge in [-0.15, -0.1) is 0 Å². The van der Waals surface area contributed by atoms with Crippen LogP contribution in [0.2, 0.25) is 0 Å². The van der Waals surface area contributed by atoms with Gasteiger partial charge in [-0.25, -0.2) is 0 Å². The lowest BCUT2D eigenvalue weighted by Crippen LogP contribution is -2.28. The van der Waals surface area contributed by atoms with Crippen molar-refractivity contribution in [3.05, 3.63) is 71.3 Å². The van der Waals surface area contributed by atoms with Gasteiger partial charge in [-0.1, -0.05) is 42.5 Å². The summed E-state index contributed by atoms with van der Waals surface area (Å²) in [5.74, 6) is 0.934. The number of nitrogens with zero attached hydrogens (tertiary/aromatic N) is 1. The zero-order valence-corrected chi connectivity index (χ0v) is 13.4. The summed E-state index contributed by atoms with van der Waals surface area (Å²) >= 11 is 0. The largest absolute Gasteiger partial charge is 0.497 e. The van der Waals surface area contributed by atoms with Crippen molar-refractivity contribution in [2.45, 2.75) is 19.9 Å². The van der Waals surface area contributed by atoms with Crippen LogP contribution in [-0.2, 0) is 6.54 Å². The molecule has 114 valence electrons. The van der Waals surface area contributed by atoms with E-state index in [1.807, 2.05) is 0 Å². The van der Waals surface area contributed by atoms with Gasteiger partial charge in [0.05, 0.1) is 7.11 Å². The molecular weight excluding hydrogens is 270 g/mol. The highest BCUT2D eigenvalue weighted by Gasteiger charge is 2.14. The number of benzene rings is 2. The van der Waals surface area contributed by atoms with Crippen LogP contribution in [0, 0.1) is 6.92 Å². The summed E-state index contributed by atoms with van der Waals surface area (Å²) in [5, 5.41) is 0. The molecule has 0 radical (unpaired) electrons. The lowest BCUT2D eigenvalue weighted by Gasteiger charge is -2.27. The SMILES string of the molecule is COc1ccc(C2=CCN(Cc3ccccc3)CC2)c(C)c1. The van der Waals surface area contributed by atoms with Gasteiger partial charge in [0.1, 0.15) is 5.75 Å². The second kappa shape index (κ2) is 6.80. The van der Waals surface area contributed by atoms with Crippen LogP contribution in [-0.4, -0.2) is 25.1 Å². The molecule has 0 N–H and O–H groups in total. The third kappa shape index (κ3) is 3.40. The monoisotopic (exact) mass is 293 g/mol. The van der Waals surface area contributed by atoms with Gasteiger partial charge in [0.25, 0.3) is 0 Å². The quantitative estimate of drug-likeness (QED) is 0.833. The van der Waals surface area contributed by atoms with Crippen LogP contribution >= 0.6 is 0 Å². The number of methoxy groups -OCH3 is 1. The Balaban J connectivity index is 1.68. The number of ether oxygens (including phenoxy) is 1. The molecule has 2 aromatic carbocycles. The summed E-state index contributed by atoms with van der Waals surface area (Å²) in [6.45, 7) is 5.34. The Bertz CT molecular complexity index is 661. The van der Waals surface area contributed by atoms with E-state index in [2.05, 4.69) is 66.4 Å². The fourth-order valence-corrected chi connectivity index (χ4v) is 3.06. The first kappa shape index (κ1) is 14.9. The highest BCUT2D eigenvalue weighted by molar-refractivity contribution is 5.69. The average Bonchev–Trinajstić information content (AvgIpc) is 2.56. The lowest BCUT2D eigenvalue weighted by atomic mass is 9.95. The first-order valence-corrected chi connectivity index (χ1v) is 7.86. The van der Waals surface area contributed by atoms with E-state index in [9.17, 15) is 0 Å². The van der Waals surface area contributed by atoms with Gasteiger partial charge in [0, 0.05) is 19.6 Å². The van der Waals surface area contributed by atoms with E-state index in [0.29, 0.717) is 0 Å². The molecule has 2 heteroatoms. The molecule has 1 aliphatic heterocycles. The third-order valence-electron chi connectivity index (χ3n) is 4.32. The molecule has 0 atom stereocenters. The third-order valence-corrected chi connectivity index (χ3v) is 4.32. The second-order valence-electron chi connectivity index (χ2n) is 5.88. The second-order valence-corrected chi connectivity index (χ2v) is 5.88. The van der Waals surface area contributed by atoms with Gasteiger partial charge < -0.3 is 4.74 Å². The van der Waals surface area contributed by atoms with Crippen molar-refractivity contribution < 1.29 is 4.74 Å². The van der Waals surface area contributed by atoms with E-state index in [1.165, 1.54) is 22.3 Å². The molecular formula is C20H23NO. The van der Waals surface area contributed by atoms with Crippen LogP contribution in [0.5, 0.6) is 5.75 Å². The van der Waals surface area contributed by atoms with Crippen molar-refractivity contribution in [3.8, 4) is 5.75 Å². The van der Waals surface area contributed by atoms with Crippen molar-refractivity contribution in [3.63, 3.8) is 0 Å². The zero-order chi connectivity index (χ0) is 15.4. The van der Waals surface area contributed by atoms with Crippen LogP contribution in [0.3, 0.4) is 0 Å². The van der Waals surface area contributed by atoms with Crippen molar-refractivity contribution in [2.24, 2.45) is 0 Å². The molecule has 1 aliphatic rings. The summed E-state index contributed by atoms with van der Waals surface area (Å²) in [7, 11) is 1.72. The Labute approximate surface area is 133 Å². The fraction of sp³-hybridized carbons (Fsp3) is 0.300. The molecule has 0 saturated heterocycles. The average molecular weight is 293 g/mol. The molecule has 0 unspecified atom stereocenters. The minimum absolute atomic E-state index is 0.934. The predicted octanol–water partition coefficient (Wildman–Crippen LogP) is 4.29. The molecule has 2 aromatic rings. The van der Waals surface area contributed by atoms with E-state index in [-0.39, 0.29) is 0 Å². The minimum atomic E-state index is 0.934. The molecule has 0 aromatic heterocycles. The van der Waals surface area contributed by atoms with Gasteiger partial charge in [-0.2, -0.15) is 0 Å². The summed E-state index contributed by atoms with van der Waals surface area (Å²) in [5.41, 5.74) is 5.51. The minimum Gasteiger partial charge on any atom is -0.497 e. The number of hydrogen-bond acceptors (Lipinski definition) is 2. The molecule has 0 fully saturated rings. The molecule has 0 saturated carbocycles. The van der Waals surface area contributed by atoms with Gasteiger partial charge in [0.2, 0.25) is 0 Å². The Morgan fingerprint density at radius 1 is 1.09 bits per heavy atom. The first-order chi connectivity index (χ1) is 10.8. The van der Waals surface area contributed by atoms with Crippen LogP contribution in [0.15, 0.2) is 54.6 Å². The maximum absolute atomic E-state index is 5.29. The molecule has 3 rings (SSSR count). The lowest BCUT2D eigenvalue weighted by molar-refractivity contribution is 0.294. The zero-order valence-electron chi connectivity index (χ0n) is 13.4. The Morgan fingerprint density at radius 3 is 2.55 bits per heavy atom. The van der Waals surface area contributed by atoms with Crippen LogP contribution in [0.25, 0.3) is 5.57 Å². The Morgan fingerprint density at radius 2 is 1.91 bits per heavy atom. The first-order valence-electron chi connectivity index (χ1n) is 7.86. The predicted molar refractivity (Wildman–Crippen MR) is 92.0 cm³/mol. The molecule has 22 heavy (non-hydrogen) atoms. The van der Waals surface area contributed by atoms with Crippen molar-refractivity contribution in [2.75, 3.05) is 20.2 Å². The normalized spacial score (nSPS) is 15.5. The van der Waals surface area contributed by atoms with Gasteiger partial charge in [-0.3, -0.25) is 4.90 Å². The van der Waals surface area contributed by atoms with Gasteiger partial charge in [-0.05, 0) is 47.7 Å². The van der Waals surface area contributed by atoms with E-state index < -0.39 is 0 Å². The van der Waals surface area contributed by atoms with Gasteiger partial charge in [0.15, 0.2) is 0 Å². The highest BCUT2D eigenvalue weighted by atomic mass is 16.5. The fourth-order valence-electron chi connectivity index (χ4n) is 3.06. The summed E-state index contributed by atoms with van der Waals surface area (Å²) in [6, 6.07) is 17.1. The standard InChI is InChI=1S/C20H23NO/c1-16-14-19(22-2)8-9-20(16)18-10-12-21(13-11-18)15-17-6-4-3-5-7-17/h3-10,14H,11-13,15H2,1-2H3. The molecule has 0 amide bonds. The molecule has 1 heterocycles. The maximum Gasteiger partial charge on any atom is 0.119 e.